The van der Waals surface area contributed by atoms with Crippen LogP contribution in [0, 0.1) is 0 Å². The van der Waals surface area contributed by atoms with E-state index in [0.717, 1.165) is 56.6 Å². The molecule has 198 valence electrons. The summed E-state index contributed by atoms with van der Waals surface area (Å²) in [6, 6.07) is 14.9. The Kier molecular flexibility index (Phi) is 13.6. The number of hydrogen-bond donors (Lipinski definition) is 2. The molecule has 9 heteroatoms. The SMILES string of the molecule is CCOC(=O)/C=C/CCNCCCN1c2ccccc2CCc2ccc(Cl)cc21.O=CO/C=C\C(=O)O. The fraction of sp³-hybridized carbons (Fsp3) is 0.321. The normalized spacial score (nSPS) is 12.2. The van der Waals surface area contributed by atoms with Crippen molar-refractivity contribution in [3.05, 3.63) is 83.1 Å². The van der Waals surface area contributed by atoms with Crippen molar-refractivity contribution in [2.24, 2.45) is 0 Å². The number of hydrogen-bond acceptors (Lipinski definition) is 7. The minimum absolute atomic E-state index is 0.138. The summed E-state index contributed by atoms with van der Waals surface area (Å²) in [4.78, 5) is 32.6. The lowest BCUT2D eigenvalue weighted by Gasteiger charge is -2.27. The minimum Gasteiger partial charge on any atom is -0.478 e. The van der Waals surface area contributed by atoms with Crippen LogP contribution in [0.15, 0.2) is 67.0 Å². The largest absolute Gasteiger partial charge is 0.478 e. The first-order valence-corrected chi connectivity index (χ1v) is 12.5. The van der Waals surface area contributed by atoms with Crippen molar-refractivity contribution in [3.8, 4) is 0 Å². The average molecular weight is 529 g/mol. The third-order valence-corrected chi connectivity index (χ3v) is 5.63. The summed E-state index contributed by atoms with van der Waals surface area (Å²) in [5.41, 5.74) is 5.24. The molecule has 0 spiro atoms. The number of nitrogens with one attached hydrogen (secondary N) is 1. The van der Waals surface area contributed by atoms with Crippen LogP contribution < -0.4 is 10.2 Å². The highest BCUT2D eigenvalue weighted by molar-refractivity contribution is 6.30. The Morgan fingerprint density at radius 3 is 2.57 bits per heavy atom. The van der Waals surface area contributed by atoms with Gasteiger partial charge in [0, 0.05) is 29.0 Å². The fourth-order valence-electron chi connectivity index (χ4n) is 3.80. The quantitative estimate of drug-likeness (QED) is 0.133. The van der Waals surface area contributed by atoms with Crippen molar-refractivity contribution in [2.75, 3.05) is 31.1 Å². The molecule has 0 saturated heterocycles. The number of carbonyl (C=O) groups is 3. The van der Waals surface area contributed by atoms with E-state index < -0.39 is 5.97 Å². The molecule has 1 aliphatic heterocycles. The maximum atomic E-state index is 11.3. The van der Waals surface area contributed by atoms with Crippen LogP contribution in [-0.2, 0) is 36.7 Å². The molecule has 0 unspecified atom stereocenters. The highest BCUT2D eigenvalue weighted by Crippen LogP contribution is 2.37. The van der Waals surface area contributed by atoms with Crippen molar-refractivity contribution in [1.82, 2.24) is 5.32 Å². The number of esters is 1. The Hall–Kier alpha value is -3.62. The molecule has 0 radical (unpaired) electrons. The van der Waals surface area contributed by atoms with E-state index in [0.29, 0.717) is 12.7 Å². The summed E-state index contributed by atoms with van der Waals surface area (Å²) in [6.45, 7) is 5.05. The number of carboxylic acids is 1. The smallest absolute Gasteiger partial charge is 0.331 e. The average Bonchev–Trinajstić information content (AvgIpc) is 3.03. The molecule has 3 rings (SSSR count). The fourth-order valence-corrected chi connectivity index (χ4v) is 3.96. The molecule has 8 nitrogen and oxygen atoms in total. The number of aliphatic carboxylic acids is 1. The standard InChI is InChI=1S/C24H29ClN2O2.C4H4O4/c1-2-29-24(28)10-5-6-15-26-16-7-17-27-22-9-4-3-8-19(22)11-12-20-13-14-21(25)18-23(20)27;5-3-8-2-1-4(6)7/h3-5,8-10,13-14,18,26H,2,6-7,11-12,15-17H2,1H3;1-3H,(H,6,7)/b10-5+;2-1-. The van der Waals surface area contributed by atoms with Gasteiger partial charge in [0.15, 0.2) is 0 Å². The molecule has 0 aromatic heterocycles. The Morgan fingerprint density at radius 1 is 1.08 bits per heavy atom. The summed E-state index contributed by atoms with van der Waals surface area (Å²) >= 11 is 6.32. The second-order valence-electron chi connectivity index (χ2n) is 7.97. The second-order valence-corrected chi connectivity index (χ2v) is 8.41. The predicted octanol–water partition coefficient (Wildman–Crippen LogP) is 4.82. The topological polar surface area (TPSA) is 105 Å². The predicted molar refractivity (Wildman–Crippen MR) is 144 cm³/mol. The number of ether oxygens (including phenoxy) is 2. The van der Waals surface area contributed by atoms with Crippen LogP contribution in [0.25, 0.3) is 0 Å². The molecule has 0 aliphatic carbocycles. The van der Waals surface area contributed by atoms with E-state index in [1.165, 1.54) is 28.6 Å². The summed E-state index contributed by atoms with van der Waals surface area (Å²) in [6.07, 6.45) is 8.77. The van der Waals surface area contributed by atoms with E-state index in [1.54, 1.807) is 0 Å². The van der Waals surface area contributed by atoms with Gasteiger partial charge in [0.1, 0.15) is 6.26 Å². The highest BCUT2D eigenvalue weighted by Gasteiger charge is 2.20. The Morgan fingerprint density at radius 2 is 1.84 bits per heavy atom. The molecular formula is C28H33ClN2O6. The molecule has 1 aliphatic rings. The zero-order valence-corrected chi connectivity index (χ0v) is 21.7. The summed E-state index contributed by atoms with van der Waals surface area (Å²) < 4.78 is 8.77. The van der Waals surface area contributed by atoms with E-state index in [4.69, 9.17) is 21.4 Å². The summed E-state index contributed by atoms with van der Waals surface area (Å²) in [5.74, 6) is -1.42. The van der Waals surface area contributed by atoms with Gasteiger partial charge < -0.3 is 24.8 Å². The number of carboxylic acid groups (broad SMARTS) is 1. The van der Waals surface area contributed by atoms with Gasteiger partial charge in [0.05, 0.1) is 12.7 Å². The first kappa shape index (κ1) is 29.6. The summed E-state index contributed by atoms with van der Waals surface area (Å²) in [5, 5.41) is 12.1. The lowest BCUT2D eigenvalue weighted by molar-refractivity contribution is -0.137. The Balaban J connectivity index is 0.000000521. The number of anilines is 2. The van der Waals surface area contributed by atoms with Gasteiger partial charge in [-0.3, -0.25) is 4.79 Å². The van der Waals surface area contributed by atoms with Gasteiger partial charge in [-0.05, 0) is 75.0 Å². The molecule has 2 aromatic rings. The van der Waals surface area contributed by atoms with Crippen molar-refractivity contribution in [2.45, 2.75) is 32.6 Å². The van der Waals surface area contributed by atoms with E-state index in [2.05, 4.69) is 51.4 Å². The van der Waals surface area contributed by atoms with Gasteiger partial charge in [-0.2, -0.15) is 0 Å². The molecule has 0 amide bonds. The van der Waals surface area contributed by atoms with E-state index in [-0.39, 0.29) is 12.4 Å². The number of nitrogens with zero attached hydrogens (tertiary/aromatic N) is 1. The van der Waals surface area contributed by atoms with Gasteiger partial charge in [-0.15, -0.1) is 0 Å². The maximum absolute atomic E-state index is 11.3. The molecule has 0 bridgehead atoms. The summed E-state index contributed by atoms with van der Waals surface area (Å²) in [7, 11) is 0. The molecule has 2 N–H and O–H groups in total. The van der Waals surface area contributed by atoms with Gasteiger partial charge in [-0.25, -0.2) is 9.59 Å². The number of aryl methyl sites for hydroxylation is 2. The first-order chi connectivity index (χ1) is 18.0. The van der Waals surface area contributed by atoms with E-state index in [9.17, 15) is 14.4 Å². The van der Waals surface area contributed by atoms with Crippen LogP contribution in [0.5, 0.6) is 0 Å². The van der Waals surface area contributed by atoms with E-state index >= 15 is 0 Å². The molecule has 0 fully saturated rings. The zero-order chi connectivity index (χ0) is 26.9. The molecule has 37 heavy (non-hydrogen) atoms. The number of fused-ring (bicyclic) bond motifs is 2. The first-order valence-electron chi connectivity index (χ1n) is 12.1. The van der Waals surface area contributed by atoms with Crippen LogP contribution in [0.2, 0.25) is 5.02 Å². The van der Waals surface area contributed by atoms with Crippen LogP contribution >= 0.6 is 11.6 Å². The molecular weight excluding hydrogens is 496 g/mol. The van der Waals surface area contributed by atoms with Crippen molar-refractivity contribution in [3.63, 3.8) is 0 Å². The molecule has 2 aromatic carbocycles. The lowest BCUT2D eigenvalue weighted by atomic mass is 10.0. The number of halogens is 1. The van der Waals surface area contributed by atoms with Gasteiger partial charge in [0.25, 0.3) is 6.47 Å². The Labute approximate surface area is 222 Å². The van der Waals surface area contributed by atoms with Crippen molar-refractivity contribution < 1.29 is 29.0 Å². The second kappa shape index (κ2) is 16.9. The van der Waals surface area contributed by atoms with Crippen LogP contribution in [0.3, 0.4) is 0 Å². The van der Waals surface area contributed by atoms with Gasteiger partial charge in [0.2, 0.25) is 0 Å². The lowest BCUT2D eigenvalue weighted by Crippen LogP contribution is -2.24. The zero-order valence-electron chi connectivity index (χ0n) is 20.9. The molecule has 1 heterocycles. The molecule has 0 saturated carbocycles. The van der Waals surface area contributed by atoms with Gasteiger partial charge in [-0.1, -0.05) is 41.9 Å². The van der Waals surface area contributed by atoms with Crippen LogP contribution in [0.4, 0.5) is 11.4 Å². The van der Waals surface area contributed by atoms with Crippen LogP contribution in [0.1, 0.15) is 30.9 Å². The van der Waals surface area contributed by atoms with Crippen molar-refractivity contribution in [1.29, 1.82) is 0 Å². The van der Waals surface area contributed by atoms with Crippen LogP contribution in [-0.4, -0.2) is 49.8 Å². The number of benzene rings is 2. The molecule has 0 atom stereocenters. The van der Waals surface area contributed by atoms with E-state index in [1.807, 2.05) is 19.1 Å². The minimum atomic E-state index is -1.15. The number of para-hydroxylation sites is 1. The number of carbonyl (C=O) groups excluding carboxylic acids is 2. The van der Waals surface area contributed by atoms with Crippen molar-refractivity contribution >= 4 is 41.4 Å². The Bertz CT molecular complexity index is 1090. The number of rotatable bonds is 12. The van der Waals surface area contributed by atoms with Gasteiger partial charge >= 0.3 is 11.9 Å². The maximum Gasteiger partial charge on any atom is 0.331 e. The monoisotopic (exact) mass is 528 g/mol. The third kappa shape index (κ3) is 10.9. The highest BCUT2D eigenvalue weighted by atomic mass is 35.5. The third-order valence-electron chi connectivity index (χ3n) is 5.39.